The van der Waals surface area contributed by atoms with Gasteiger partial charge in [-0.25, -0.2) is 4.39 Å². The van der Waals surface area contributed by atoms with Crippen molar-refractivity contribution >= 4 is 10.9 Å². The van der Waals surface area contributed by atoms with Crippen molar-refractivity contribution in [3.63, 3.8) is 0 Å². The fourth-order valence-corrected chi connectivity index (χ4v) is 3.69. The molecule has 1 atom stereocenters. The summed E-state index contributed by atoms with van der Waals surface area (Å²) in [5, 5.41) is 11.9. The SMILES string of the molecule is Cc1c(C)n(CC(O)CN(C)Cc2ccc(OCCF)cc2)c2ccccc12. The van der Waals surface area contributed by atoms with Crippen molar-refractivity contribution < 1.29 is 14.2 Å². The van der Waals surface area contributed by atoms with Crippen molar-refractivity contribution in [1.29, 1.82) is 0 Å². The van der Waals surface area contributed by atoms with Crippen LogP contribution in [0.5, 0.6) is 5.75 Å². The first-order valence-electron chi connectivity index (χ1n) is 9.68. The molecule has 150 valence electrons. The number of benzene rings is 2. The van der Waals surface area contributed by atoms with Crippen LogP contribution in [0.15, 0.2) is 48.5 Å². The fraction of sp³-hybridized carbons (Fsp3) is 0.391. The Morgan fingerprint density at radius 2 is 1.82 bits per heavy atom. The number of likely N-dealkylation sites (N-methyl/N-ethyl adjacent to an activating group) is 1. The van der Waals surface area contributed by atoms with E-state index in [1.54, 1.807) is 0 Å². The Labute approximate surface area is 166 Å². The van der Waals surface area contributed by atoms with Crippen LogP contribution < -0.4 is 4.74 Å². The van der Waals surface area contributed by atoms with Gasteiger partial charge in [0.05, 0.1) is 12.6 Å². The molecule has 0 bridgehead atoms. The van der Waals surface area contributed by atoms with Crippen LogP contribution in [-0.4, -0.2) is 47.6 Å². The van der Waals surface area contributed by atoms with Crippen LogP contribution in [0, 0.1) is 13.8 Å². The molecular weight excluding hydrogens is 355 g/mol. The van der Waals surface area contributed by atoms with Gasteiger partial charge in [0, 0.05) is 29.7 Å². The zero-order valence-electron chi connectivity index (χ0n) is 16.9. The number of fused-ring (bicyclic) bond motifs is 1. The Morgan fingerprint density at radius 3 is 2.54 bits per heavy atom. The molecule has 3 rings (SSSR count). The van der Waals surface area contributed by atoms with Crippen LogP contribution >= 0.6 is 0 Å². The monoisotopic (exact) mass is 384 g/mol. The third-order valence-electron chi connectivity index (χ3n) is 5.18. The van der Waals surface area contributed by atoms with Crippen LogP contribution in [-0.2, 0) is 13.1 Å². The molecule has 0 spiro atoms. The fourth-order valence-electron chi connectivity index (χ4n) is 3.69. The maximum atomic E-state index is 12.2. The number of aliphatic hydroxyl groups excluding tert-OH is 1. The summed E-state index contributed by atoms with van der Waals surface area (Å²) in [7, 11) is 2.00. The number of para-hydroxylation sites is 1. The van der Waals surface area contributed by atoms with Crippen molar-refractivity contribution in [3.8, 4) is 5.75 Å². The van der Waals surface area contributed by atoms with Gasteiger partial charge in [-0.15, -0.1) is 0 Å². The van der Waals surface area contributed by atoms with Crippen LogP contribution in [0.25, 0.3) is 10.9 Å². The smallest absolute Gasteiger partial charge is 0.123 e. The van der Waals surface area contributed by atoms with Crippen LogP contribution in [0.2, 0.25) is 0 Å². The molecule has 1 aromatic heterocycles. The molecule has 1 heterocycles. The lowest BCUT2D eigenvalue weighted by Gasteiger charge is -2.22. The Bertz CT molecular complexity index is 905. The maximum Gasteiger partial charge on any atom is 0.123 e. The van der Waals surface area contributed by atoms with Gasteiger partial charge in [0.1, 0.15) is 19.0 Å². The molecule has 4 nitrogen and oxygen atoms in total. The largest absolute Gasteiger partial charge is 0.491 e. The van der Waals surface area contributed by atoms with Crippen LogP contribution in [0.4, 0.5) is 4.39 Å². The maximum absolute atomic E-state index is 12.2. The van der Waals surface area contributed by atoms with Crippen molar-refractivity contribution in [3.05, 3.63) is 65.4 Å². The second-order valence-electron chi connectivity index (χ2n) is 7.37. The first-order chi connectivity index (χ1) is 13.5. The molecule has 0 saturated carbocycles. The van der Waals surface area contributed by atoms with E-state index in [-0.39, 0.29) is 6.61 Å². The minimum absolute atomic E-state index is 0.0818. The Balaban J connectivity index is 1.59. The molecule has 0 aliphatic rings. The van der Waals surface area contributed by atoms with E-state index in [9.17, 15) is 9.50 Å². The molecule has 0 amide bonds. The third-order valence-corrected chi connectivity index (χ3v) is 5.18. The molecule has 5 heteroatoms. The molecule has 0 aliphatic heterocycles. The van der Waals surface area contributed by atoms with Crippen LogP contribution in [0.3, 0.4) is 0 Å². The molecule has 1 unspecified atom stereocenters. The zero-order valence-corrected chi connectivity index (χ0v) is 16.9. The van der Waals surface area contributed by atoms with Gasteiger partial charge in [-0.05, 0) is 50.2 Å². The summed E-state index contributed by atoms with van der Waals surface area (Å²) < 4.78 is 19.6. The first-order valence-corrected chi connectivity index (χ1v) is 9.68. The van der Waals surface area contributed by atoms with E-state index in [1.807, 2.05) is 37.4 Å². The molecule has 2 aromatic carbocycles. The van der Waals surface area contributed by atoms with Gasteiger partial charge in [-0.1, -0.05) is 30.3 Å². The highest BCUT2D eigenvalue weighted by atomic mass is 19.1. The summed E-state index contributed by atoms with van der Waals surface area (Å²) in [6.07, 6.45) is -0.467. The van der Waals surface area contributed by atoms with Gasteiger partial charge in [-0.3, -0.25) is 4.90 Å². The second-order valence-corrected chi connectivity index (χ2v) is 7.37. The summed E-state index contributed by atoms with van der Waals surface area (Å²) in [4.78, 5) is 2.11. The minimum atomic E-state index is -0.488. The number of hydrogen-bond donors (Lipinski definition) is 1. The van der Waals surface area contributed by atoms with Gasteiger partial charge in [-0.2, -0.15) is 0 Å². The Kier molecular flexibility index (Phi) is 6.70. The molecule has 28 heavy (non-hydrogen) atoms. The number of rotatable bonds is 9. The second kappa shape index (κ2) is 9.22. The number of hydrogen-bond acceptors (Lipinski definition) is 3. The van der Waals surface area contributed by atoms with Crippen molar-refractivity contribution in [1.82, 2.24) is 9.47 Å². The quantitative estimate of drug-likeness (QED) is 0.604. The minimum Gasteiger partial charge on any atom is -0.491 e. The summed E-state index contributed by atoms with van der Waals surface area (Å²) >= 11 is 0. The zero-order chi connectivity index (χ0) is 20.1. The van der Waals surface area contributed by atoms with Gasteiger partial charge in [0.2, 0.25) is 0 Å². The molecular formula is C23H29FN2O2. The lowest BCUT2D eigenvalue weighted by atomic mass is 10.2. The van der Waals surface area contributed by atoms with E-state index in [2.05, 4.69) is 41.5 Å². The van der Waals surface area contributed by atoms with E-state index in [1.165, 1.54) is 22.2 Å². The number of aryl methyl sites for hydroxylation is 1. The number of alkyl halides is 1. The van der Waals surface area contributed by atoms with E-state index in [0.717, 1.165) is 12.1 Å². The summed E-state index contributed by atoms with van der Waals surface area (Å²) in [6, 6.07) is 16.0. The van der Waals surface area contributed by atoms with Gasteiger partial charge in [0.15, 0.2) is 0 Å². The predicted molar refractivity (Wildman–Crippen MR) is 112 cm³/mol. The van der Waals surface area contributed by atoms with Gasteiger partial charge < -0.3 is 14.4 Å². The number of aromatic nitrogens is 1. The number of ether oxygens (including phenoxy) is 1. The average molecular weight is 384 g/mol. The molecule has 0 radical (unpaired) electrons. The average Bonchev–Trinajstić information content (AvgIpc) is 2.92. The summed E-state index contributed by atoms with van der Waals surface area (Å²) in [6.45, 7) is 5.71. The van der Waals surface area contributed by atoms with E-state index < -0.39 is 12.8 Å². The number of aliphatic hydroxyl groups is 1. The standard InChI is InChI=1S/C23H29FN2O2/c1-17-18(2)26(23-7-5-4-6-22(17)23)16-20(27)15-25(3)14-19-8-10-21(11-9-19)28-13-12-24/h4-11,20,27H,12-16H2,1-3H3. The van der Waals surface area contributed by atoms with E-state index in [4.69, 9.17) is 4.74 Å². The van der Waals surface area contributed by atoms with Gasteiger partial charge >= 0.3 is 0 Å². The lowest BCUT2D eigenvalue weighted by Crippen LogP contribution is -2.32. The predicted octanol–water partition coefficient (Wildman–Crippen LogP) is 4.10. The Hall–Kier alpha value is -2.37. The topological polar surface area (TPSA) is 37.6 Å². The first kappa shape index (κ1) is 20.4. The third kappa shape index (κ3) is 4.72. The molecule has 0 aliphatic carbocycles. The lowest BCUT2D eigenvalue weighted by molar-refractivity contribution is 0.108. The summed E-state index contributed by atoms with van der Waals surface area (Å²) in [5.41, 5.74) is 4.77. The molecule has 0 fully saturated rings. The van der Waals surface area contributed by atoms with E-state index >= 15 is 0 Å². The van der Waals surface area contributed by atoms with Crippen molar-refractivity contribution in [2.45, 2.75) is 33.0 Å². The summed E-state index contributed by atoms with van der Waals surface area (Å²) in [5.74, 6) is 0.675. The highest BCUT2D eigenvalue weighted by Crippen LogP contribution is 2.25. The van der Waals surface area contributed by atoms with Crippen LogP contribution in [0.1, 0.15) is 16.8 Å². The molecule has 1 N–H and O–H groups in total. The Morgan fingerprint density at radius 1 is 1.11 bits per heavy atom. The number of nitrogens with zero attached hydrogens (tertiary/aromatic N) is 2. The molecule has 0 saturated heterocycles. The van der Waals surface area contributed by atoms with Crippen molar-refractivity contribution in [2.24, 2.45) is 0 Å². The highest BCUT2D eigenvalue weighted by molar-refractivity contribution is 5.85. The molecule has 3 aromatic rings. The van der Waals surface area contributed by atoms with Gasteiger partial charge in [0.25, 0.3) is 0 Å². The highest BCUT2D eigenvalue weighted by Gasteiger charge is 2.15. The number of halogens is 1. The normalized spacial score (nSPS) is 12.6. The van der Waals surface area contributed by atoms with E-state index in [0.29, 0.717) is 18.8 Å². The van der Waals surface area contributed by atoms with Crippen molar-refractivity contribution in [2.75, 3.05) is 26.9 Å².